The molecule has 0 aromatic carbocycles. The summed E-state index contributed by atoms with van der Waals surface area (Å²) >= 11 is 1.62. The second kappa shape index (κ2) is 5.17. The van der Waals surface area contributed by atoms with Gasteiger partial charge in [0, 0.05) is 11.4 Å². The Morgan fingerprint density at radius 3 is 2.95 bits per heavy atom. The summed E-state index contributed by atoms with van der Waals surface area (Å²) in [6.45, 7) is 0.635. The third-order valence-electron chi connectivity index (χ3n) is 4.75. The molecule has 22 heavy (non-hydrogen) atoms. The van der Waals surface area contributed by atoms with E-state index in [0.29, 0.717) is 18.8 Å². The van der Waals surface area contributed by atoms with E-state index < -0.39 is 5.92 Å². The van der Waals surface area contributed by atoms with Gasteiger partial charge in [-0.2, -0.15) is 0 Å². The summed E-state index contributed by atoms with van der Waals surface area (Å²) in [5.74, 6) is 5.17. The van der Waals surface area contributed by atoms with E-state index in [1.54, 1.807) is 15.9 Å². The molecule has 0 bridgehead atoms. The number of aryl methyl sites for hydroxylation is 2. The lowest BCUT2D eigenvalue weighted by molar-refractivity contribution is -0.123. The van der Waals surface area contributed by atoms with Crippen LogP contribution in [0.5, 0.6) is 0 Å². The molecule has 0 fully saturated rings. The van der Waals surface area contributed by atoms with Crippen molar-refractivity contribution in [2.24, 2.45) is 5.84 Å². The van der Waals surface area contributed by atoms with Crippen molar-refractivity contribution in [3.05, 3.63) is 26.6 Å². The molecule has 0 saturated carbocycles. The maximum absolute atomic E-state index is 12.9. The maximum atomic E-state index is 12.9. The predicted molar refractivity (Wildman–Crippen MR) is 84.8 cm³/mol. The van der Waals surface area contributed by atoms with Gasteiger partial charge < -0.3 is 0 Å². The van der Waals surface area contributed by atoms with Crippen molar-refractivity contribution in [1.82, 2.24) is 15.0 Å². The third kappa shape index (κ3) is 1.92. The van der Waals surface area contributed by atoms with Gasteiger partial charge in [-0.15, -0.1) is 11.3 Å². The van der Waals surface area contributed by atoms with Crippen LogP contribution < -0.4 is 16.8 Å². The van der Waals surface area contributed by atoms with E-state index >= 15 is 0 Å². The summed E-state index contributed by atoms with van der Waals surface area (Å²) in [6.07, 6.45) is 5.81. The number of carbonyl (C=O) groups excluding carboxylic acids is 1. The van der Waals surface area contributed by atoms with E-state index in [1.165, 1.54) is 16.9 Å². The van der Waals surface area contributed by atoms with Crippen molar-refractivity contribution >= 4 is 27.5 Å². The predicted octanol–water partition coefficient (Wildman–Crippen LogP) is 1.20. The highest BCUT2D eigenvalue weighted by molar-refractivity contribution is 7.18. The number of nitrogens with two attached hydrogens (primary N) is 1. The Morgan fingerprint density at radius 1 is 1.32 bits per heavy atom. The quantitative estimate of drug-likeness (QED) is 0.470. The molecule has 1 amide bonds. The van der Waals surface area contributed by atoms with Gasteiger partial charge in [-0.05, 0) is 44.1 Å². The lowest BCUT2D eigenvalue weighted by Crippen LogP contribution is -2.40. The van der Waals surface area contributed by atoms with Gasteiger partial charge in [0.2, 0.25) is 5.91 Å². The van der Waals surface area contributed by atoms with E-state index in [2.05, 4.69) is 5.43 Å². The smallest absolute Gasteiger partial charge is 0.262 e. The first kappa shape index (κ1) is 13.9. The highest BCUT2D eigenvalue weighted by Crippen LogP contribution is 2.35. The van der Waals surface area contributed by atoms with Crippen LogP contribution in [0.2, 0.25) is 0 Å². The van der Waals surface area contributed by atoms with Crippen molar-refractivity contribution in [2.45, 2.75) is 51.0 Å². The number of fused-ring (bicyclic) bond motifs is 4. The van der Waals surface area contributed by atoms with Crippen LogP contribution in [0.3, 0.4) is 0 Å². The molecule has 7 heteroatoms. The first-order valence-corrected chi connectivity index (χ1v) is 8.58. The second-order valence-electron chi connectivity index (χ2n) is 6.02. The fourth-order valence-electron chi connectivity index (χ4n) is 3.67. The molecule has 1 aliphatic heterocycles. The first-order valence-electron chi connectivity index (χ1n) is 7.76. The molecule has 6 nitrogen and oxygen atoms in total. The normalized spacial score (nSPS) is 20.5. The summed E-state index contributed by atoms with van der Waals surface area (Å²) in [6, 6.07) is 0. The number of rotatable bonds is 1. The monoisotopic (exact) mass is 318 g/mol. The summed E-state index contributed by atoms with van der Waals surface area (Å²) < 4.78 is 1.69. The molecule has 1 aliphatic carbocycles. The number of hydrazine groups is 1. The Kier molecular flexibility index (Phi) is 3.27. The Bertz CT molecular complexity index is 823. The molecule has 116 valence electrons. The number of nitrogens with zero attached hydrogens (tertiary/aromatic N) is 2. The summed E-state index contributed by atoms with van der Waals surface area (Å²) in [5.41, 5.74) is 3.42. The molecule has 3 heterocycles. The van der Waals surface area contributed by atoms with Gasteiger partial charge >= 0.3 is 0 Å². The van der Waals surface area contributed by atoms with Crippen LogP contribution in [0, 0.1) is 0 Å². The van der Waals surface area contributed by atoms with Crippen LogP contribution in [-0.4, -0.2) is 15.5 Å². The number of nitrogens with one attached hydrogen (secondary N) is 1. The molecule has 3 N–H and O–H groups in total. The first-order chi connectivity index (χ1) is 10.7. The largest absolute Gasteiger partial charge is 0.295 e. The maximum Gasteiger partial charge on any atom is 0.262 e. The zero-order chi connectivity index (χ0) is 15.3. The standard InChI is InChI=1S/C15H18N4O2S/c16-18-13(20)9-5-3-7-19-12(9)17-14-11(15(19)21)8-4-1-2-6-10(8)22-14/h9H,1-7,16H2,(H,18,20)/t9-/m0/s1. The van der Waals surface area contributed by atoms with Gasteiger partial charge in [-0.25, -0.2) is 10.8 Å². The number of carbonyl (C=O) groups is 1. The van der Waals surface area contributed by atoms with Crippen LogP contribution in [0.25, 0.3) is 10.2 Å². The van der Waals surface area contributed by atoms with Crippen LogP contribution in [-0.2, 0) is 24.2 Å². The molecule has 0 spiro atoms. The van der Waals surface area contributed by atoms with E-state index in [9.17, 15) is 9.59 Å². The molecule has 0 unspecified atom stereocenters. The van der Waals surface area contributed by atoms with E-state index in [-0.39, 0.29) is 11.5 Å². The number of hydrogen-bond donors (Lipinski definition) is 2. The second-order valence-corrected chi connectivity index (χ2v) is 7.10. The number of aromatic nitrogens is 2. The average molecular weight is 318 g/mol. The van der Waals surface area contributed by atoms with Gasteiger partial charge in [-0.1, -0.05) is 0 Å². The Hall–Kier alpha value is -1.73. The van der Waals surface area contributed by atoms with Crippen molar-refractivity contribution < 1.29 is 4.79 Å². The minimum Gasteiger partial charge on any atom is -0.295 e. The molecule has 0 radical (unpaired) electrons. The number of thiophene rings is 1. The third-order valence-corrected chi connectivity index (χ3v) is 5.94. The lowest BCUT2D eigenvalue weighted by atomic mass is 9.95. The van der Waals surface area contributed by atoms with Crippen LogP contribution in [0.4, 0.5) is 0 Å². The van der Waals surface area contributed by atoms with Crippen molar-refractivity contribution in [3.63, 3.8) is 0 Å². The Balaban J connectivity index is 1.97. The molecular weight excluding hydrogens is 300 g/mol. The minimum atomic E-state index is -0.421. The highest BCUT2D eigenvalue weighted by Gasteiger charge is 2.31. The fraction of sp³-hybridized carbons (Fsp3) is 0.533. The molecule has 2 aromatic rings. The number of hydrogen-bond acceptors (Lipinski definition) is 5. The van der Waals surface area contributed by atoms with Crippen molar-refractivity contribution in [2.75, 3.05) is 0 Å². The van der Waals surface area contributed by atoms with E-state index in [1.807, 2.05) is 0 Å². The molecular formula is C15H18N4O2S. The van der Waals surface area contributed by atoms with Gasteiger partial charge in [0.1, 0.15) is 10.7 Å². The SMILES string of the molecule is NNC(=O)[C@H]1CCCn2c1nc1sc3c(c1c2=O)CCCC3. The van der Waals surface area contributed by atoms with Gasteiger partial charge in [0.05, 0.1) is 11.3 Å². The summed E-state index contributed by atoms with van der Waals surface area (Å²) in [7, 11) is 0. The van der Waals surface area contributed by atoms with Crippen LogP contribution in [0.1, 0.15) is 47.9 Å². The minimum absolute atomic E-state index is 0.0221. The Labute approximate surface area is 131 Å². The van der Waals surface area contributed by atoms with Gasteiger partial charge in [0.15, 0.2) is 0 Å². The topological polar surface area (TPSA) is 90.0 Å². The molecule has 1 atom stereocenters. The molecule has 0 saturated heterocycles. The van der Waals surface area contributed by atoms with Crippen molar-refractivity contribution in [3.8, 4) is 0 Å². The van der Waals surface area contributed by atoms with Crippen LogP contribution >= 0.6 is 11.3 Å². The van der Waals surface area contributed by atoms with E-state index in [0.717, 1.165) is 35.9 Å². The Morgan fingerprint density at radius 2 is 2.14 bits per heavy atom. The van der Waals surface area contributed by atoms with Gasteiger partial charge in [-0.3, -0.25) is 19.6 Å². The molecule has 2 aliphatic rings. The van der Waals surface area contributed by atoms with Crippen LogP contribution in [0.15, 0.2) is 4.79 Å². The zero-order valence-electron chi connectivity index (χ0n) is 12.2. The average Bonchev–Trinajstić information content (AvgIpc) is 2.92. The lowest BCUT2D eigenvalue weighted by Gasteiger charge is -2.24. The summed E-state index contributed by atoms with van der Waals surface area (Å²) in [5, 5.41) is 0.789. The highest BCUT2D eigenvalue weighted by atomic mass is 32.1. The van der Waals surface area contributed by atoms with E-state index in [4.69, 9.17) is 10.8 Å². The molecule has 2 aromatic heterocycles. The summed E-state index contributed by atoms with van der Waals surface area (Å²) in [4.78, 5) is 31.7. The fourth-order valence-corrected chi connectivity index (χ4v) is 4.93. The molecule has 4 rings (SSSR count). The number of amides is 1. The van der Waals surface area contributed by atoms with Crippen molar-refractivity contribution in [1.29, 1.82) is 0 Å². The van der Waals surface area contributed by atoms with Gasteiger partial charge in [0.25, 0.3) is 5.56 Å². The zero-order valence-corrected chi connectivity index (χ0v) is 13.0.